The molecule has 0 heterocycles. The van der Waals surface area contributed by atoms with Gasteiger partial charge in [-0.3, -0.25) is 14.4 Å². The summed E-state index contributed by atoms with van der Waals surface area (Å²) in [5, 5.41) is 17.1. The summed E-state index contributed by atoms with van der Waals surface area (Å²) in [7, 11) is 0. The standard InChI is InChI=1S/C20H38N4O5/c1-9(2)13(21)17(25)22-14(10(3)4)18(26)23-15(11(5)6)19(27)24-16(12(7)8)20(28)29/h9-16H,21H2,1-8H3,(H,22,25)(H,23,26)(H,24,27)(H,28,29)/t13-,14-,15-,16-/m0/s1. The van der Waals surface area contributed by atoms with E-state index in [0.717, 1.165) is 0 Å². The highest BCUT2D eigenvalue weighted by atomic mass is 16.4. The van der Waals surface area contributed by atoms with E-state index < -0.39 is 47.9 Å². The molecule has 4 atom stereocenters. The van der Waals surface area contributed by atoms with Gasteiger partial charge in [0.2, 0.25) is 17.7 Å². The number of carbonyl (C=O) groups excluding carboxylic acids is 3. The molecule has 3 amide bonds. The number of amides is 3. The third-order valence-electron chi connectivity index (χ3n) is 4.75. The lowest BCUT2D eigenvalue weighted by molar-refractivity contribution is -0.144. The van der Waals surface area contributed by atoms with Gasteiger partial charge in [0.25, 0.3) is 0 Å². The van der Waals surface area contributed by atoms with E-state index >= 15 is 0 Å². The summed E-state index contributed by atoms with van der Waals surface area (Å²) < 4.78 is 0. The summed E-state index contributed by atoms with van der Waals surface area (Å²) >= 11 is 0. The lowest BCUT2D eigenvalue weighted by Gasteiger charge is -2.29. The minimum absolute atomic E-state index is 0.0935. The van der Waals surface area contributed by atoms with Crippen LogP contribution in [0.5, 0.6) is 0 Å². The van der Waals surface area contributed by atoms with Crippen molar-refractivity contribution in [2.75, 3.05) is 0 Å². The van der Waals surface area contributed by atoms with Crippen LogP contribution in [0.2, 0.25) is 0 Å². The van der Waals surface area contributed by atoms with E-state index in [-0.39, 0.29) is 23.7 Å². The molecule has 0 saturated heterocycles. The Hall–Kier alpha value is -2.16. The Kier molecular flexibility index (Phi) is 10.9. The summed E-state index contributed by atoms with van der Waals surface area (Å²) in [4.78, 5) is 49.1. The van der Waals surface area contributed by atoms with Crippen LogP contribution in [-0.4, -0.2) is 53.0 Å². The van der Waals surface area contributed by atoms with Gasteiger partial charge >= 0.3 is 5.97 Å². The summed E-state index contributed by atoms with van der Waals surface area (Å²) in [6, 6.07) is -3.64. The molecule has 29 heavy (non-hydrogen) atoms. The van der Waals surface area contributed by atoms with Crippen LogP contribution >= 0.6 is 0 Å². The largest absolute Gasteiger partial charge is 0.480 e. The Morgan fingerprint density at radius 3 is 1.17 bits per heavy atom. The van der Waals surface area contributed by atoms with E-state index in [4.69, 9.17) is 5.73 Å². The van der Waals surface area contributed by atoms with Crippen molar-refractivity contribution in [3.8, 4) is 0 Å². The Labute approximate surface area is 173 Å². The average molecular weight is 415 g/mol. The van der Waals surface area contributed by atoms with Crippen LogP contribution in [0, 0.1) is 23.7 Å². The maximum atomic E-state index is 12.8. The molecule has 168 valence electrons. The normalized spacial score (nSPS) is 15.8. The monoisotopic (exact) mass is 414 g/mol. The molecule has 6 N–H and O–H groups in total. The number of carboxylic acids is 1. The molecule has 9 heteroatoms. The molecular weight excluding hydrogens is 376 g/mol. The molecule has 0 aromatic rings. The second kappa shape index (κ2) is 11.7. The van der Waals surface area contributed by atoms with Crippen molar-refractivity contribution in [2.45, 2.75) is 79.6 Å². The van der Waals surface area contributed by atoms with E-state index in [2.05, 4.69) is 16.0 Å². The molecule has 0 aliphatic rings. The van der Waals surface area contributed by atoms with Crippen LogP contribution < -0.4 is 21.7 Å². The van der Waals surface area contributed by atoms with Gasteiger partial charge in [0.15, 0.2) is 0 Å². The zero-order valence-corrected chi connectivity index (χ0v) is 18.8. The molecule has 0 saturated carbocycles. The van der Waals surface area contributed by atoms with Gasteiger partial charge < -0.3 is 26.8 Å². The quantitative estimate of drug-likeness (QED) is 0.332. The third-order valence-corrected chi connectivity index (χ3v) is 4.75. The van der Waals surface area contributed by atoms with Gasteiger partial charge in [-0.25, -0.2) is 4.79 Å². The van der Waals surface area contributed by atoms with Crippen molar-refractivity contribution in [3.63, 3.8) is 0 Å². The zero-order valence-electron chi connectivity index (χ0n) is 18.8. The number of nitrogens with two attached hydrogens (primary N) is 1. The fourth-order valence-corrected chi connectivity index (χ4v) is 2.62. The first-order valence-electron chi connectivity index (χ1n) is 10.1. The first-order valence-corrected chi connectivity index (χ1v) is 10.1. The molecule has 9 nitrogen and oxygen atoms in total. The number of hydrogen-bond acceptors (Lipinski definition) is 5. The van der Waals surface area contributed by atoms with Crippen molar-refractivity contribution in [3.05, 3.63) is 0 Å². The van der Waals surface area contributed by atoms with E-state index in [0.29, 0.717) is 0 Å². The van der Waals surface area contributed by atoms with Gasteiger partial charge in [0.1, 0.15) is 18.1 Å². The predicted octanol–water partition coefficient (Wildman–Crippen LogP) is 0.477. The van der Waals surface area contributed by atoms with Crippen molar-refractivity contribution in [2.24, 2.45) is 29.4 Å². The highest BCUT2D eigenvalue weighted by Crippen LogP contribution is 2.09. The van der Waals surface area contributed by atoms with Crippen LogP contribution in [0.15, 0.2) is 0 Å². The smallest absolute Gasteiger partial charge is 0.326 e. The Balaban J connectivity index is 5.37. The Bertz CT molecular complexity index is 589. The van der Waals surface area contributed by atoms with Crippen molar-refractivity contribution >= 4 is 23.7 Å². The highest BCUT2D eigenvalue weighted by molar-refractivity contribution is 5.94. The number of carboxylic acid groups (broad SMARTS) is 1. The summed E-state index contributed by atoms with van der Waals surface area (Å²) in [5.41, 5.74) is 5.85. The average Bonchev–Trinajstić information content (AvgIpc) is 2.59. The van der Waals surface area contributed by atoms with Crippen LogP contribution in [-0.2, 0) is 19.2 Å². The van der Waals surface area contributed by atoms with Crippen LogP contribution in [0.1, 0.15) is 55.4 Å². The van der Waals surface area contributed by atoms with Gasteiger partial charge in [-0.05, 0) is 23.7 Å². The van der Waals surface area contributed by atoms with Gasteiger partial charge in [-0.1, -0.05) is 55.4 Å². The fourth-order valence-electron chi connectivity index (χ4n) is 2.62. The van der Waals surface area contributed by atoms with E-state index in [1.54, 1.807) is 55.4 Å². The summed E-state index contributed by atoms with van der Waals surface area (Å²) in [5.74, 6) is -3.62. The van der Waals surface area contributed by atoms with Crippen LogP contribution in [0.25, 0.3) is 0 Å². The Morgan fingerprint density at radius 1 is 0.586 bits per heavy atom. The van der Waals surface area contributed by atoms with Crippen molar-refractivity contribution in [1.29, 1.82) is 0 Å². The SMILES string of the molecule is CC(C)[C@H](N)C(=O)N[C@H](C(=O)N[C@H](C(=O)N[C@H](C(=O)O)C(C)C)C(C)C)C(C)C. The molecule has 0 aromatic heterocycles. The first-order chi connectivity index (χ1) is 13.2. The molecular formula is C20H38N4O5. The van der Waals surface area contributed by atoms with Crippen LogP contribution in [0.3, 0.4) is 0 Å². The molecule has 0 bridgehead atoms. The van der Waals surface area contributed by atoms with Gasteiger partial charge in [-0.2, -0.15) is 0 Å². The molecule has 0 aliphatic carbocycles. The maximum Gasteiger partial charge on any atom is 0.326 e. The Morgan fingerprint density at radius 2 is 0.897 bits per heavy atom. The van der Waals surface area contributed by atoms with Crippen LogP contribution in [0.4, 0.5) is 0 Å². The molecule has 0 spiro atoms. The number of rotatable bonds is 11. The van der Waals surface area contributed by atoms with Gasteiger partial charge in [0.05, 0.1) is 6.04 Å². The lowest BCUT2D eigenvalue weighted by Crippen LogP contribution is -2.60. The fraction of sp³-hybridized carbons (Fsp3) is 0.800. The van der Waals surface area contributed by atoms with Crippen molar-refractivity contribution < 1.29 is 24.3 Å². The number of aliphatic carboxylic acids is 1. The molecule has 0 aliphatic heterocycles. The first kappa shape index (κ1) is 26.8. The molecule has 0 radical (unpaired) electrons. The molecule has 0 unspecified atom stereocenters. The second-order valence-electron chi connectivity index (χ2n) is 8.80. The molecule has 0 rings (SSSR count). The predicted molar refractivity (Wildman–Crippen MR) is 111 cm³/mol. The van der Waals surface area contributed by atoms with E-state index in [1.807, 2.05) is 0 Å². The zero-order chi connectivity index (χ0) is 23.0. The van der Waals surface area contributed by atoms with E-state index in [9.17, 15) is 24.3 Å². The number of nitrogens with one attached hydrogen (secondary N) is 3. The second-order valence-corrected chi connectivity index (χ2v) is 8.80. The maximum absolute atomic E-state index is 12.8. The summed E-state index contributed by atoms with van der Waals surface area (Å²) in [6.07, 6.45) is 0. The topological polar surface area (TPSA) is 151 Å². The third kappa shape index (κ3) is 8.39. The molecule has 0 aromatic carbocycles. The lowest BCUT2D eigenvalue weighted by atomic mass is 9.97. The molecule has 0 fully saturated rings. The number of carbonyl (C=O) groups is 4. The highest BCUT2D eigenvalue weighted by Gasteiger charge is 2.33. The summed E-state index contributed by atoms with van der Waals surface area (Å²) in [6.45, 7) is 14.0. The van der Waals surface area contributed by atoms with E-state index in [1.165, 1.54) is 0 Å². The minimum Gasteiger partial charge on any atom is -0.480 e. The minimum atomic E-state index is -1.14. The van der Waals surface area contributed by atoms with Gasteiger partial charge in [-0.15, -0.1) is 0 Å². The number of hydrogen-bond donors (Lipinski definition) is 5. The van der Waals surface area contributed by atoms with Gasteiger partial charge in [0, 0.05) is 0 Å². The van der Waals surface area contributed by atoms with Crippen molar-refractivity contribution in [1.82, 2.24) is 16.0 Å².